The van der Waals surface area contributed by atoms with E-state index in [1.165, 1.54) is 17.6 Å². The zero-order chi connectivity index (χ0) is 21.8. The van der Waals surface area contributed by atoms with Crippen molar-refractivity contribution in [3.63, 3.8) is 0 Å². The van der Waals surface area contributed by atoms with Gasteiger partial charge in [-0.05, 0) is 19.3 Å². The highest BCUT2D eigenvalue weighted by Gasteiger charge is 2.48. The molecule has 3 N–H and O–H groups in total. The van der Waals surface area contributed by atoms with Crippen molar-refractivity contribution in [2.45, 2.75) is 77.0 Å². The van der Waals surface area contributed by atoms with Gasteiger partial charge in [-0.15, -0.1) is 0 Å². The number of rotatable bonds is 9. The largest absolute Gasteiger partial charge is 0.387 e. The van der Waals surface area contributed by atoms with E-state index < -0.39 is 24.5 Å². The average molecular weight is 421 g/mol. The predicted molar refractivity (Wildman–Crippen MR) is 112 cm³/mol. The summed E-state index contributed by atoms with van der Waals surface area (Å²) in [4.78, 5) is 27.2. The van der Waals surface area contributed by atoms with E-state index in [9.17, 15) is 15.0 Å². The molecule has 1 amide bonds. The number of imidazole rings is 1. The number of nitrogens with zero attached hydrogens (tertiary/aromatic N) is 5. The summed E-state index contributed by atoms with van der Waals surface area (Å²) in [7, 11) is 1.67. The number of unbranched alkanes of at least 4 members (excludes halogenated alkanes) is 1. The van der Waals surface area contributed by atoms with Gasteiger partial charge in [0.25, 0.3) is 5.91 Å². The Bertz CT molecular complexity index is 855. The molecule has 0 saturated carbocycles. The molecule has 3 rings (SSSR count). The highest BCUT2D eigenvalue weighted by Crippen LogP contribution is 2.33. The summed E-state index contributed by atoms with van der Waals surface area (Å²) < 4.78 is 7.36. The Morgan fingerprint density at radius 2 is 1.97 bits per heavy atom. The molecule has 1 saturated heterocycles. The van der Waals surface area contributed by atoms with Crippen LogP contribution in [0.15, 0.2) is 12.7 Å². The first-order chi connectivity index (χ1) is 14.4. The molecule has 3 heterocycles. The molecular formula is C20H32N6O4. The highest BCUT2D eigenvalue weighted by molar-refractivity contribution is 5.83. The summed E-state index contributed by atoms with van der Waals surface area (Å²) in [6, 6.07) is 0.254. The first-order valence-corrected chi connectivity index (χ1v) is 10.6. The van der Waals surface area contributed by atoms with Gasteiger partial charge in [0.2, 0.25) is 0 Å². The molecule has 0 aliphatic carbocycles. The van der Waals surface area contributed by atoms with Gasteiger partial charge >= 0.3 is 0 Å². The molecule has 0 radical (unpaired) electrons. The fraction of sp³-hybridized carbons (Fsp3) is 0.700. The number of hydrogen-bond acceptors (Lipinski definition) is 8. The number of aliphatic hydroxyl groups is 2. The molecule has 1 aliphatic rings. The summed E-state index contributed by atoms with van der Waals surface area (Å²) in [5, 5.41) is 24.4. The minimum Gasteiger partial charge on any atom is -0.387 e. The number of likely N-dealkylation sites (N-methyl/N-ethyl adjacent to an activating group) is 1. The minimum absolute atomic E-state index is 0.254. The van der Waals surface area contributed by atoms with Gasteiger partial charge in [0, 0.05) is 19.6 Å². The maximum Gasteiger partial charge on any atom is 0.254 e. The van der Waals surface area contributed by atoms with E-state index in [0.717, 1.165) is 25.7 Å². The van der Waals surface area contributed by atoms with E-state index in [1.54, 1.807) is 11.6 Å². The summed E-state index contributed by atoms with van der Waals surface area (Å²) in [5.41, 5.74) is 1.01. The van der Waals surface area contributed by atoms with Crippen molar-refractivity contribution in [3.05, 3.63) is 12.7 Å². The lowest BCUT2D eigenvalue weighted by atomic mass is 10.1. The number of ether oxygens (including phenoxy) is 1. The number of nitrogens with one attached hydrogen (secondary N) is 1. The maximum absolute atomic E-state index is 12.7. The third-order valence-electron chi connectivity index (χ3n) is 5.66. The molecule has 4 unspecified atom stereocenters. The zero-order valence-corrected chi connectivity index (χ0v) is 18.0. The third-order valence-corrected chi connectivity index (χ3v) is 5.66. The van der Waals surface area contributed by atoms with Crippen molar-refractivity contribution in [2.24, 2.45) is 0 Å². The van der Waals surface area contributed by atoms with E-state index in [2.05, 4.69) is 34.1 Å². The summed E-state index contributed by atoms with van der Waals surface area (Å²) in [5.74, 6) is 0.250. The van der Waals surface area contributed by atoms with Crippen LogP contribution in [-0.4, -0.2) is 78.5 Å². The molecule has 10 heteroatoms. The first kappa shape index (κ1) is 22.4. The van der Waals surface area contributed by atoms with Crippen LogP contribution >= 0.6 is 0 Å². The average Bonchev–Trinajstić information content (AvgIpc) is 3.31. The SMILES string of the molecule is CCCCN(C)C(=O)C1OC(n2cnc3c(NC(CC)CC)ncnc32)C(O)C1O. The Hall–Kier alpha value is -2.30. The Balaban J connectivity index is 1.84. The summed E-state index contributed by atoms with van der Waals surface area (Å²) in [6.45, 7) is 6.79. The lowest BCUT2D eigenvalue weighted by molar-refractivity contribution is -0.147. The van der Waals surface area contributed by atoms with Crippen LogP contribution in [0.1, 0.15) is 52.7 Å². The molecule has 2 aromatic heterocycles. The second-order valence-electron chi connectivity index (χ2n) is 7.75. The van der Waals surface area contributed by atoms with Crippen LogP contribution in [0.3, 0.4) is 0 Å². The Labute approximate surface area is 176 Å². The van der Waals surface area contributed by atoms with Crippen molar-refractivity contribution in [2.75, 3.05) is 18.9 Å². The fourth-order valence-corrected chi connectivity index (χ4v) is 3.65. The number of aromatic nitrogens is 4. The number of amides is 1. The number of anilines is 1. The van der Waals surface area contributed by atoms with E-state index in [1.807, 2.05) is 6.92 Å². The van der Waals surface area contributed by atoms with Crippen LogP contribution in [-0.2, 0) is 9.53 Å². The van der Waals surface area contributed by atoms with Crippen LogP contribution in [0.5, 0.6) is 0 Å². The molecule has 0 aromatic carbocycles. The van der Waals surface area contributed by atoms with Gasteiger partial charge in [0.15, 0.2) is 29.3 Å². The summed E-state index contributed by atoms with van der Waals surface area (Å²) >= 11 is 0. The molecule has 166 valence electrons. The second-order valence-corrected chi connectivity index (χ2v) is 7.75. The first-order valence-electron chi connectivity index (χ1n) is 10.6. The van der Waals surface area contributed by atoms with Crippen molar-refractivity contribution < 1.29 is 19.7 Å². The minimum atomic E-state index is -1.34. The molecule has 2 aromatic rings. The highest BCUT2D eigenvalue weighted by atomic mass is 16.6. The van der Waals surface area contributed by atoms with Gasteiger partial charge in [-0.1, -0.05) is 27.2 Å². The van der Waals surface area contributed by atoms with E-state index in [-0.39, 0.29) is 11.9 Å². The van der Waals surface area contributed by atoms with Crippen LogP contribution in [0.4, 0.5) is 5.82 Å². The van der Waals surface area contributed by atoms with Crippen molar-refractivity contribution in [3.8, 4) is 0 Å². The standard InChI is InChI=1S/C20H32N6O4/c1-5-8-9-25(4)19(29)16-14(27)15(28)20(30-16)26-11-23-13-17(21-10-22-18(13)26)24-12(6-2)7-3/h10-12,14-16,20,27-28H,5-9H2,1-4H3,(H,21,22,24). The molecule has 10 nitrogen and oxygen atoms in total. The van der Waals surface area contributed by atoms with Gasteiger partial charge in [0.05, 0.1) is 6.33 Å². The maximum atomic E-state index is 12.7. The van der Waals surface area contributed by atoms with Crippen LogP contribution in [0, 0.1) is 0 Å². The monoisotopic (exact) mass is 420 g/mol. The predicted octanol–water partition coefficient (Wildman–Crippen LogP) is 1.30. The van der Waals surface area contributed by atoms with E-state index in [0.29, 0.717) is 23.5 Å². The van der Waals surface area contributed by atoms with Crippen LogP contribution < -0.4 is 5.32 Å². The number of carbonyl (C=O) groups is 1. The van der Waals surface area contributed by atoms with Gasteiger partial charge in [-0.3, -0.25) is 9.36 Å². The van der Waals surface area contributed by atoms with Crippen molar-refractivity contribution in [1.82, 2.24) is 24.4 Å². The molecule has 1 fully saturated rings. The van der Waals surface area contributed by atoms with Crippen LogP contribution in [0.25, 0.3) is 11.2 Å². The van der Waals surface area contributed by atoms with Gasteiger partial charge < -0.3 is 25.2 Å². The fourth-order valence-electron chi connectivity index (χ4n) is 3.65. The second kappa shape index (κ2) is 9.67. The van der Waals surface area contributed by atoms with E-state index in [4.69, 9.17) is 4.74 Å². The number of carbonyl (C=O) groups excluding carboxylic acids is 1. The van der Waals surface area contributed by atoms with E-state index >= 15 is 0 Å². The summed E-state index contributed by atoms with van der Waals surface area (Å²) in [6.07, 6.45) is 1.84. The number of hydrogen-bond donors (Lipinski definition) is 3. The molecule has 0 bridgehead atoms. The van der Waals surface area contributed by atoms with Crippen molar-refractivity contribution in [1.29, 1.82) is 0 Å². The van der Waals surface area contributed by atoms with Gasteiger partial charge in [-0.25, -0.2) is 15.0 Å². The Kier molecular flexibility index (Phi) is 7.22. The topological polar surface area (TPSA) is 126 Å². The smallest absolute Gasteiger partial charge is 0.254 e. The Morgan fingerprint density at radius 1 is 1.23 bits per heavy atom. The van der Waals surface area contributed by atoms with Gasteiger partial charge in [-0.2, -0.15) is 0 Å². The lowest BCUT2D eigenvalue weighted by Crippen LogP contribution is -2.43. The molecule has 4 atom stereocenters. The quantitative estimate of drug-likeness (QED) is 0.554. The molecule has 0 spiro atoms. The zero-order valence-electron chi connectivity index (χ0n) is 18.0. The van der Waals surface area contributed by atoms with Crippen LogP contribution in [0.2, 0.25) is 0 Å². The van der Waals surface area contributed by atoms with Crippen molar-refractivity contribution >= 4 is 22.9 Å². The normalized spacial score (nSPS) is 24.0. The van der Waals surface area contributed by atoms with Gasteiger partial charge in [0.1, 0.15) is 18.5 Å². The third kappa shape index (κ3) is 4.26. The molecule has 1 aliphatic heterocycles. The molecule has 30 heavy (non-hydrogen) atoms. The number of aliphatic hydroxyl groups excluding tert-OH is 2. The Morgan fingerprint density at radius 3 is 2.63 bits per heavy atom. The number of fused-ring (bicyclic) bond motifs is 1. The molecular weight excluding hydrogens is 388 g/mol. The lowest BCUT2D eigenvalue weighted by Gasteiger charge is -2.22.